The van der Waals surface area contributed by atoms with E-state index in [1.807, 2.05) is 47.0 Å². The average molecular weight is 407 g/mol. The van der Waals surface area contributed by atoms with Crippen molar-refractivity contribution in [2.24, 2.45) is 7.05 Å². The van der Waals surface area contributed by atoms with E-state index in [9.17, 15) is 0 Å². The summed E-state index contributed by atoms with van der Waals surface area (Å²) in [5.41, 5.74) is 5.87. The number of pyridine rings is 1. The van der Waals surface area contributed by atoms with Crippen LogP contribution in [0.5, 0.6) is 0 Å². The van der Waals surface area contributed by atoms with Crippen LogP contribution in [0.1, 0.15) is 5.56 Å². The van der Waals surface area contributed by atoms with E-state index in [2.05, 4.69) is 50.5 Å². The normalized spacial score (nSPS) is 15.3. The second-order valence-electron chi connectivity index (χ2n) is 7.57. The van der Waals surface area contributed by atoms with Crippen LogP contribution in [0.2, 0.25) is 5.02 Å². The van der Waals surface area contributed by atoms with Gasteiger partial charge in [-0.2, -0.15) is 10.2 Å². The number of fused-ring (bicyclic) bond motifs is 1. The first-order valence-corrected chi connectivity index (χ1v) is 10.2. The molecular weight excluding hydrogens is 384 g/mol. The van der Waals surface area contributed by atoms with E-state index in [1.165, 1.54) is 11.3 Å². The van der Waals surface area contributed by atoms with Crippen LogP contribution in [0.4, 0.5) is 5.69 Å². The fraction of sp³-hybridized carbons (Fsp3) is 0.273. The molecule has 0 atom stereocenters. The molecule has 5 rings (SSSR count). The maximum atomic E-state index is 5.99. The highest BCUT2D eigenvalue weighted by atomic mass is 35.5. The number of aryl methyl sites for hydroxylation is 1. The molecule has 1 aromatic carbocycles. The average Bonchev–Trinajstić information content (AvgIpc) is 3.36. The predicted molar refractivity (Wildman–Crippen MR) is 116 cm³/mol. The Bertz CT molecular complexity index is 1120. The number of rotatable bonds is 4. The molecule has 0 amide bonds. The molecule has 0 radical (unpaired) electrons. The molecule has 1 aliphatic rings. The largest absolute Gasteiger partial charge is 0.366 e. The van der Waals surface area contributed by atoms with E-state index in [0.29, 0.717) is 0 Å². The van der Waals surface area contributed by atoms with Gasteiger partial charge in [-0.1, -0.05) is 29.8 Å². The van der Waals surface area contributed by atoms with Gasteiger partial charge in [-0.3, -0.25) is 9.58 Å². The summed E-state index contributed by atoms with van der Waals surface area (Å²) in [7, 11) is 1.93. The minimum atomic E-state index is 0.790. The Labute approximate surface area is 174 Å². The summed E-state index contributed by atoms with van der Waals surface area (Å²) in [6, 6.07) is 12.5. The molecule has 7 heteroatoms. The van der Waals surface area contributed by atoms with Gasteiger partial charge in [0.05, 0.1) is 23.6 Å². The van der Waals surface area contributed by atoms with Gasteiger partial charge in [0.25, 0.3) is 0 Å². The third-order valence-corrected chi connectivity index (χ3v) is 5.82. The summed E-state index contributed by atoms with van der Waals surface area (Å²) < 4.78 is 3.79. The zero-order chi connectivity index (χ0) is 19.8. The number of benzene rings is 1. The molecule has 148 valence electrons. The van der Waals surface area contributed by atoms with E-state index >= 15 is 0 Å². The summed E-state index contributed by atoms with van der Waals surface area (Å²) in [5, 5.41) is 9.65. The molecule has 1 aliphatic heterocycles. The zero-order valence-electron chi connectivity index (χ0n) is 16.4. The zero-order valence-corrected chi connectivity index (χ0v) is 17.1. The molecule has 0 N–H and O–H groups in total. The van der Waals surface area contributed by atoms with Crippen molar-refractivity contribution in [2.45, 2.75) is 6.54 Å². The Hall–Kier alpha value is -2.83. The van der Waals surface area contributed by atoms with Gasteiger partial charge in [-0.25, -0.2) is 4.52 Å². The van der Waals surface area contributed by atoms with Crippen LogP contribution in [0.3, 0.4) is 0 Å². The lowest BCUT2D eigenvalue weighted by atomic mass is 10.1. The van der Waals surface area contributed by atoms with E-state index in [-0.39, 0.29) is 0 Å². The van der Waals surface area contributed by atoms with Crippen molar-refractivity contribution in [1.82, 2.24) is 24.3 Å². The third kappa shape index (κ3) is 3.73. The highest BCUT2D eigenvalue weighted by Gasteiger charge is 2.20. The lowest BCUT2D eigenvalue weighted by Crippen LogP contribution is -2.45. The molecule has 0 spiro atoms. The van der Waals surface area contributed by atoms with E-state index in [1.54, 1.807) is 0 Å². The second kappa shape index (κ2) is 7.54. The van der Waals surface area contributed by atoms with Gasteiger partial charge in [0.1, 0.15) is 0 Å². The molecule has 1 fully saturated rings. The van der Waals surface area contributed by atoms with E-state index < -0.39 is 0 Å². The first kappa shape index (κ1) is 18.2. The topological polar surface area (TPSA) is 41.6 Å². The number of halogens is 1. The van der Waals surface area contributed by atoms with Gasteiger partial charge in [0.2, 0.25) is 0 Å². The van der Waals surface area contributed by atoms with Crippen molar-refractivity contribution >= 4 is 22.8 Å². The van der Waals surface area contributed by atoms with Crippen LogP contribution in [0.15, 0.2) is 61.2 Å². The molecule has 4 aromatic rings. The molecule has 0 bridgehead atoms. The van der Waals surface area contributed by atoms with Gasteiger partial charge in [-0.15, -0.1) is 0 Å². The molecule has 0 saturated carbocycles. The number of nitrogens with zero attached hydrogens (tertiary/aromatic N) is 6. The Morgan fingerprint density at radius 2 is 1.66 bits per heavy atom. The van der Waals surface area contributed by atoms with Crippen molar-refractivity contribution in [1.29, 1.82) is 0 Å². The van der Waals surface area contributed by atoms with Crippen LogP contribution in [-0.4, -0.2) is 50.5 Å². The van der Waals surface area contributed by atoms with Crippen molar-refractivity contribution < 1.29 is 0 Å². The Morgan fingerprint density at radius 3 is 2.38 bits per heavy atom. The lowest BCUT2D eigenvalue weighted by Gasteiger charge is -2.35. The van der Waals surface area contributed by atoms with Gasteiger partial charge in [0.15, 0.2) is 0 Å². The molecule has 0 aliphatic carbocycles. The molecule has 29 heavy (non-hydrogen) atoms. The van der Waals surface area contributed by atoms with Gasteiger partial charge in [0, 0.05) is 68.3 Å². The van der Waals surface area contributed by atoms with Crippen molar-refractivity contribution in [3.05, 3.63) is 71.8 Å². The van der Waals surface area contributed by atoms with Crippen LogP contribution >= 0.6 is 11.6 Å². The summed E-state index contributed by atoms with van der Waals surface area (Å²) in [5.74, 6) is 0. The third-order valence-electron chi connectivity index (χ3n) is 5.57. The minimum absolute atomic E-state index is 0.790. The maximum absolute atomic E-state index is 5.99. The van der Waals surface area contributed by atoms with Crippen molar-refractivity contribution in [2.75, 3.05) is 31.1 Å². The van der Waals surface area contributed by atoms with Gasteiger partial charge in [-0.05, 0) is 23.8 Å². The first-order chi connectivity index (χ1) is 14.2. The molecule has 6 nitrogen and oxygen atoms in total. The smallest absolute Gasteiger partial charge is 0.0896 e. The van der Waals surface area contributed by atoms with E-state index in [0.717, 1.165) is 54.4 Å². The minimum Gasteiger partial charge on any atom is -0.366 e. The van der Waals surface area contributed by atoms with Gasteiger partial charge < -0.3 is 4.90 Å². The quantitative estimate of drug-likeness (QED) is 0.518. The van der Waals surface area contributed by atoms with E-state index in [4.69, 9.17) is 11.6 Å². The van der Waals surface area contributed by atoms with Crippen LogP contribution in [0.25, 0.3) is 16.6 Å². The Morgan fingerprint density at radius 1 is 0.862 bits per heavy atom. The number of piperazine rings is 1. The van der Waals surface area contributed by atoms with Crippen LogP contribution < -0.4 is 4.90 Å². The maximum Gasteiger partial charge on any atom is 0.0896 e. The first-order valence-electron chi connectivity index (χ1n) is 9.84. The Kier molecular flexibility index (Phi) is 4.73. The van der Waals surface area contributed by atoms with Crippen LogP contribution in [-0.2, 0) is 13.6 Å². The van der Waals surface area contributed by atoms with Crippen molar-refractivity contribution in [3.8, 4) is 11.1 Å². The number of hydrogen-bond acceptors (Lipinski definition) is 4. The molecule has 4 heterocycles. The van der Waals surface area contributed by atoms with Crippen molar-refractivity contribution in [3.63, 3.8) is 0 Å². The SMILES string of the molecule is Cn1cc(-c2ccc3c(N4CCN(Cc5ccc(Cl)cc5)CC4)cnn3c2)cn1. The number of hydrogen-bond donors (Lipinski definition) is 0. The Balaban J connectivity index is 1.28. The fourth-order valence-electron chi connectivity index (χ4n) is 3.95. The standard InChI is InChI=1S/C22H23ClN6/c1-26-15-19(12-24-26)18-4-7-21-22(13-25-29(21)16-18)28-10-8-27(9-11-28)14-17-2-5-20(23)6-3-17/h2-7,12-13,15-16H,8-11,14H2,1H3. The monoisotopic (exact) mass is 406 g/mol. The second-order valence-corrected chi connectivity index (χ2v) is 8.01. The van der Waals surface area contributed by atoms with Crippen LogP contribution in [0, 0.1) is 0 Å². The molecular formula is C22H23ClN6. The summed E-state index contributed by atoms with van der Waals surface area (Å²) in [6.45, 7) is 5.04. The summed E-state index contributed by atoms with van der Waals surface area (Å²) in [4.78, 5) is 4.93. The van der Waals surface area contributed by atoms with Gasteiger partial charge >= 0.3 is 0 Å². The summed E-state index contributed by atoms with van der Waals surface area (Å²) in [6.07, 6.45) is 7.96. The fourth-order valence-corrected chi connectivity index (χ4v) is 4.08. The number of aromatic nitrogens is 4. The number of anilines is 1. The highest BCUT2D eigenvalue weighted by molar-refractivity contribution is 6.30. The summed E-state index contributed by atoms with van der Waals surface area (Å²) >= 11 is 5.99. The lowest BCUT2D eigenvalue weighted by molar-refractivity contribution is 0.250. The predicted octanol–water partition coefficient (Wildman–Crippen LogP) is 3.71. The molecule has 0 unspecified atom stereocenters. The molecule has 3 aromatic heterocycles. The highest BCUT2D eigenvalue weighted by Crippen LogP contribution is 2.26. The molecule has 1 saturated heterocycles.